The van der Waals surface area contributed by atoms with Crippen LogP contribution < -0.4 is 11.5 Å². The molecule has 5 N–H and O–H groups in total. The van der Waals surface area contributed by atoms with Gasteiger partial charge in [0.15, 0.2) is 0 Å². The van der Waals surface area contributed by atoms with Crippen LogP contribution in [-0.2, 0) is 26.0 Å². The maximum Gasteiger partial charge on any atom is 0.416 e. The molecule has 0 radical (unpaired) electrons. The Morgan fingerprint density at radius 1 is 1.05 bits per heavy atom. The third kappa shape index (κ3) is 8.90. The molecule has 2 aromatic rings. The van der Waals surface area contributed by atoms with Crippen LogP contribution in [0.25, 0.3) is 0 Å². The molecule has 0 aliphatic rings. The predicted molar refractivity (Wildman–Crippen MR) is 156 cm³/mol. The van der Waals surface area contributed by atoms with Crippen LogP contribution in [0.15, 0.2) is 53.4 Å². The number of halogens is 1. The van der Waals surface area contributed by atoms with E-state index in [1.54, 1.807) is 31.2 Å². The van der Waals surface area contributed by atoms with Crippen LogP contribution in [0.5, 0.6) is 0 Å². The molecule has 0 aliphatic carbocycles. The molecule has 10 nitrogen and oxygen atoms in total. The number of sulfonamides is 1. The Hall–Kier alpha value is -2.70. The van der Waals surface area contributed by atoms with Crippen molar-refractivity contribution in [1.29, 1.82) is 0 Å². The van der Waals surface area contributed by atoms with Gasteiger partial charge in [0.05, 0.1) is 24.7 Å². The van der Waals surface area contributed by atoms with Gasteiger partial charge in [-0.2, -0.15) is 4.31 Å². The summed E-state index contributed by atoms with van der Waals surface area (Å²) < 4.78 is 33.2. The SMILES string of the molecule is COC(=O)N(C(=O)[C@@H](N)Cc1ccccc1Cl)[C@@H](C)CCC[C@@H](CO)N(CC(C)C)S(=O)(=O)c1ccc(N)cc1. The quantitative estimate of drug-likeness (QED) is 0.279. The smallest absolute Gasteiger partial charge is 0.416 e. The van der Waals surface area contributed by atoms with Crippen LogP contribution in [0.3, 0.4) is 0 Å². The fourth-order valence-corrected chi connectivity index (χ4v) is 6.46. The lowest BCUT2D eigenvalue weighted by Crippen LogP contribution is -2.51. The van der Waals surface area contributed by atoms with Crippen molar-refractivity contribution in [2.75, 3.05) is 26.0 Å². The molecular weight excluding hydrogens is 556 g/mol. The number of aliphatic hydroxyl groups excluding tert-OH is 1. The van der Waals surface area contributed by atoms with E-state index in [9.17, 15) is 23.1 Å². The lowest BCUT2D eigenvalue weighted by Gasteiger charge is -2.32. The maximum atomic E-state index is 13.5. The average molecular weight is 597 g/mol. The molecule has 2 amide bonds. The van der Waals surface area contributed by atoms with E-state index in [1.807, 2.05) is 13.8 Å². The first-order valence-corrected chi connectivity index (χ1v) is 15.0. The Bertz CT molecular complexity index is 1230. The number of rotatable bonds is 14. The van der Waals surface area contributed by atoms with Crippen molar-refractivity contribution in [3.05, 3.63) is 59.1 Å². The standard InChI is InChI=1S/C28H41ClN4O6S/c1-19(2)17-32(40(37,38)24-14-12-22(30)13-15-24)23(18-34)10-7-8-20(3)33(28(36)39-4)27(35)26(31)16-21-9-5-6-11-25(21)29/h5-6,9,11-15,19-20,23,26,34H,7-8,10,16-18,30-31H2,1-4H3/t20-,23-,26-/m0/s1. The zero-order chi connectivity index (χ0) is 30.0. The topological polar surface area (TPSA) is 156 Å². The molecule has 0 fully saturated rings. The molecule has 0 bridgehead atoms. The Kier molecular flexibility index (Phi) is 12.9. The molecule has 0 heterocycles. The molecule has 0 spiro atoms. The van der Waals surface area contributed by atoms with E-state index >= 15 is 0 Å². The highest BCUT2D eigenvalue weighted by Gasteiger charge is 2.34. The molecule has 12 heteroatoms. The number of hydrogen-bond donors (Lipinski definition) is 3. The first kappa shape index (κ1) is 33.5. The summed E-state index contributed by atoms with van der Waals surface area (Å²) in [6.07, 6.45) is 0.361. The summed E-state index contributed by atoms with van der Waals surface area (Å²) in [5.41, 5.74) is 13.0. The van der Waals surface area contributed by atoms with Gasteiger partial charge in [-0.3, -0.25) is 4.79 Å². The van der Waals surface area contributed by atoms with E-state index < -0.39 is 46.8 Å². The fraction of sp³-hybridized carbons (Fsp3) is 0.500. The van der Waals surface area contributed by atoms with Gasteiger partial charge in [0.2, 0.25) is 15.9 Å². The number of carbonyl (C=O) groups excluding carboxylic acids is 2. The molecule has 2 aromatic carbocycles. The second kappa shape index (κ2) is 15.3. The van der Waals surface area contributed by atoms with Crippen molar-refractivity contribution in [1.82, 2.24) is 9.21 Å². The number of nitrogens with zero attached hydrogens (tertiary/aromatic N) is 2. The van der Waals surface area contributed by atoms with Crippen LogP contribution in [0.2, 0.25) is 5.02 Å². The zero-order valence-corrected chi connectivity index (χ0v) is 25.1. The van der Waals surface area contributed by atoms with E-state index in [2.05, 4.69) is 0 Å². The van der Waals surface area contributed by atoms with Crippen molar-refractivity contribution in [3.63, 3.8) is 0 Å². The molecule has 0 aliphatic heterocycles. The minimum atomic E-state index is -3.91. The van der Waals surface area contributed by atoms with Crippen molar-refractivity contribution in [2.45, 2.75) is 69.5 Å². The van der Waals surface area contributed by atoms with Gasteiger partial charge in [-0.25, -0.2) is 18.1 Å². The highest BCUT2D eigenvalue weighted by atomic mass is 35.5. The highest BCUT2D eigenvalue weighted by Crippen LogP contribution is 2.24. The molecule has 0 saturated carbocycles. The minimum absolute atomic E-state index is 0.00331. The number of benzene rings is 2. The van der Waals surface area contributed by atoms with Crippen LogP contribution in [0.1, 0.15) is 45.6 Å². The Morgan fingerprint density at radius 2 is 1.68 bits per heavy atom. The highest BCUT2D eigenvalue weighted by molar-refractivity contribution is 7.89. The monoisotopic (exact) mass is 596 g/mol. The molecular formula is C28H41ClN4O6S. The number of imide groups is 1. The number of nitrogens with two attached hydrogens (primary N) is 2. The molecule has 3 atom stereocenters. The second-order valence-electron chi connectivity index (χ2n) is 10.2. The van der Waals surface area contributed by atoms with Crippen LogP contribution in [0, 0.1) is 5.92 Å². The van der Waals surface area contributed by atoms with E-state index in [0.29, 0.717) is 35.5 Å². The molecule has 222 valence electrons. The second-order valence-corrected chi connectivity index (χ2v) is 12.5. The van der Waals surface area contributed by atoms with Crippen molar-refractivity contribution >= 4 is 39.3 Å². The van der Waals surface area contributed by atoms with Gasteiger partial charge in [-0.1, -0.05) is 43.6 Å². The average Bonchev–Trinajstić information content (AvgIpc) is 2.91. The summed E-state index contributed by atoms with van der Waals surface area (Å²) in [5.74, 6) is -0.603. The number of ether oxygens (including phenoxy) is 1. The normalized spacial score (nSPS) is 14.1. The summed E-state index contributed by atoms with van der Waals surface area (Å²) in [4.78, 5) is 26.9. The van der Waals surface area contributed by atoms with Gasteiger partial charge >= 0.3 is 6.09 Å². The summed E-state index contributed by atoms with van der Waals surface area (Å²) in [5, 5.41) is 10.7. The van der Waals surface area contributed by atoms with E-state index in [-0.39, 0.29) is 23.8 Å². The summed E-state index contributed by atoms with van der Waals surface area (Å²) >= 11 is 6.21. The number of methoxy groups -OCH3 is 1. The maximum absolute atomic E-state index is 13.5. The van der Waals surface area contributed by atoms with Crippen molar-refractivity contribution < 1.29 is 27.9 Å². The van der Waals surface area contributed by atoms with Gasteiger partial charge in [0, 0.05) is 29.3 Å². The van der Waals surface area contributed by atoms with Crippen molar-refractivity contribution in [2.24, 2.45) is 11.7 Å². The molecule has 40 heavy (non-hydrogen) atoms. The summed E-state index contributed by atoms with van der Waals surface area (Å²) in [6, 6.07) is 10.6. The lowest BCUT2D eigenvalue weighted by molar-refractivity contribution is -0.132. The number of nitrogen functional groups attached to an aromatic ring is 1. The van der Waals surface area contributed by atoms with Gasteiger partial charge in [0.1, 0.15) is 0 Å². The van der Waals surface area contributed by atoms with Crippen LogP contribution in [-0.4, -0.2) is 73.1 Å². The number of anilines is 1. The van der Waals surface area contributed by atoms with E-state index in [1.165, 1.54) is 35.7 Å². The molecule has 0 unspecified atom stereocenters. The van der Waals surface area contributed by atoms with Crippen molar-refractivity contribution in [3.8, 4) is 0 Å². The first-order chi connectivity index (χ1) is 18.8. The number of aliphatic hydroxyl groups is 1. The largest absolute Gasteiger partial charge is 0.452 e. The van der Waals surface area contributed by atoms with Gasteiger partial charge in [-0.05, 0) is 74.4 Å². The third-order valence-corrected chi connectivity index (χ3v) is 8.87. The lowest BCUT2D eigenvalue weighted by atomic mass is 10.0. The van der Waals surface area contributed by atoms with Crippen LogP contribution >= 0.6 is 11.6 Å². The molecule has 0 aromatic heterocycles. The van der Waals surface area contributed by atoms with Crippen LogP contribution in [0.4, 0.5) is 10.5 Å². The Morgan fingerprint density at radius 3 is 2.23 bits per heavy atom. The van der Waals surface area contributed by atoms with Gasteiger partial charge in [0.25, 0.3) is 0 Å². The minimum Gasteiger partial charge on any atom is -0.452 e. The van der Waals surface area contributed by atoms with E-state index in [4.69, 9.17) is 27.8 Å². The fourth-order valence-electron chi connectivity index (χ4n) is 4.44. The molecule has 0 saturated heterocycles. The number of amides is 2. The Balaban J connectivity index is 2.16. The molecule has 2 rings (SSSR count). The Labute approximate surface area is 242 Å². The third-order valence-electron chi connectivity index (χ3n) is 6.57. The summed E-state index contributed by atoms with van der Waals surface area (Å²) in [7, 11) is -2.73. The van der Waals surface area contributed by atoms with Gasteiger partial charge in [-0.15, -0.1) is 0 Å². The number of hydrogen-bond acceptors (Lipinski definition) is 8. The zero-order valence-electron chi connectivity index (χ0n) is 23.5. The first-order valence-electron chi connectivity index (χ1n) is 13.2. The van der Waals surface area contributed by atoms with Gasteiger partial charge < -0.3 is 21.3 Å². The number of carbonyl (C=O) groups is 2. The predicted octanol–water partition coefficient (Wildman–Crippen LogP) is 3.65. The van der Waals surface area contributed by atoms with E-state index in [0.717, 1.165) is 4.90 Å². The summed E-state index contributed by atoms with van der Waals surface area (Å²) in [6.45, 7) is 5.30.